The van der Waals surface area contributed by atoms with Crippen molar-refractivity contribution in [2.75, 3.05) is 26.9 Å². The van der Waals surface area contributed by atoms with Crippen molar-refractivity contribution in [3.8, 4) is 5.75 Å². The van der Waals surface area contributed by atoms with Crippen LogP contribution in [0.4, 0.5) is 4.39 Å². The van der Waals surface area contributed by atoms with E-state index in [1.807, 2.05) is 17.7 Å². The number of aromatic nitrogens is 2. The Morgan fingerprint density at radius 1 is 1.40 bits per heavy atom. The van der Waals surface area contributed by atoms with Crippen LogP contribution in [0.15, 0.2) is 30.5 Å². The van der Waals surface area contributed by atoms with Crippen molar-refractivity contribution in [2.24, 2.45) is 0 Å². The molecule has 134 valence electrons. The van der Waals surface area contributed by atoms with Crippen LogP contribution < -0.4 is 4.74 Å². The summed E-state index contributed by atoms with van der Waals surface area (Å²) in [6.45, 7) is 4.11. The summed E-state index contributed by atoms with van der Waals surface area (Å²) in [7, 11) is 1.47. The summed E-state index contributed by atoms with van der Waals surface area (Å²) in [5, 5.41) is 4.34. The zero-order valence-electron chi connectivity index (χ0n) is 14.4. The highest BCUT2D eigenvalue weighted by Crippen LogP contribution is 2.24. The smallest absolute Gasteiger partial charge is 0.227 e. The average molecular weight is 347 g/mol. The van der Waals surface area contributed by atoms with E-state index in [9.17, 15) is 9.18 Å². The van der Waals surface area contributed by atoms with Crippen molar-refractivity contribution in [2.45, 2.75) is 25.9 Å². The number of amides is 1. The molecule has 0 radical (unpaired) electrons. The molecule has 1 amide bonds. The SMILES string of the molecule is CCOCC1CN(C(=O)Cc2ccc(F)cc2OC)Cc2ccnn21. The number of fused-ring (bicyclic) bond motifs is 1. The Morgan fingerprint density at radius 2 is 2.24 bits per heavy atom. The Morgan fingerprint density at radius 3 is 3.00 bits per heavy atom. The van der Waals surface area contributed by atoms with E-state index in [4.69, 9.17) is 9.47 Å². The highest BCUT2D eigenvalue weighted by Gasteiger charge is 2.28. The lowest BCUT2D eigenvalue weighted by atomic mass is 10.1. The second-order valence-corrected chi connectivity index (χ2v) is 5.99. The Hall–Kier alpha value is -2.41. The summed E-state index contributed by atoms with van der Waals surface area (Å²) in [6.07, 6.45) is 1.91. The third kappa shape index (κ3) is 3.82. The molecule has 25 heavy (non-hydrogen) atoms. The van der Waals surface area contributed by atoms with Gasteiger partial charge in [0.15, 0.2) is 0 Å². The maximum absolute atomic E-state index is 13.3. The lowest BCUT2D eigenvalue weighted by Gasteiger charge is -2.34. The molecule has 7 heteroatoms. The number of hydrogen-bond acceptors (Lipinski definition) is 4. The Labute approximate surface area is 146 Å². The van der Waals surface area contributed by atoms with Crippen LogP contribution >= 0.6 is 0 Å². The molecule has 1 atom stereocenters. The minimum atomic E-state index is -0.383. The maximum Gasteiger partial charge on any atom is 0.227 e. The zero-order chi connectivity index (χ0) is 17.8. The van der Waals surface area contributed by atoms with Gasteiger partial charge in [0.25, 0.3) is 0 Å². The van der Waals surface area contributed by atoms with Crippen LogP contribution in [0.2, 0.25) is 0 Å². The molecule has 1 aliphatic rings. The fraction of sp³-hybridized carbons (Fsp3) is 0.444. The number of ether oxygens (including phenoxy) is 2. The maximum atomic E-state index is 13.3. The van der Waals surface area contributed by atoms with Crippen molar-refractivity contribution < 1.29 is 18.7 Å². The van der Waals surface area contributed by atoms with Crippen LogP contribution in [0.3, 0.4) is 0 Å². The van der Waals surface area contributed by atoms with Gasteiger partial charge >= 0.3 is 0 Å². The topological polar surface area (TPSA) is 56.6 Å². The molecule has 2 heterocycles. The molecular formula is C18H22FN3O3. The van der Waals surface area contributed by atoms with Crippen LogP contribution in [0, 0.1) is 5.82 Å². The minimum Gasteiger partial charge on any atom is -0.496 e. The molecule has 2 aromatic rings. The van der Waals surface area contributed by atoms with Crippen molar-refractivity contribution in [1.82, 2.24) is 14.7 Å². The molecule has 0 saturated heterocycles. The van der Waals surface area contributed by atoms with E-state index >= 15 is 0 Å². The van der Waals surface area contributed by atoms with E-state index in [-0.39, 0.29) is 24.2 Å². The lowest BCUT2D eigenvalue weighted by Crippen LogP contribution is -2.43. The van der Waals surface area contributed by atoms with E-state index in [1.54, 1.807) is 17.2 Å². The monoisotopic (exact) mass is 347 g/mol. The van der Waals surface area contributed by atoms with Crippen LogP contribution in [0.1, 0.15) is 24.2 Å². The number of carbonyl (C=O) groups excluding carboxylic acids is 1. The molecule has 1 aromatic carbocycles. The van der Waals surface area contributed by atoms with Crippen LogP contribution in [-0.4, -0.2) is 47.5 Å². The number of methoxy groups -OCH3 is 1. The standard InChI is InChI=1S/C18H22FN3O3/c1-3-25-12-16-11-21(10-15-6-7-20-22(15)16)18(23)8-13-4-5-14(19)9-17(13)24-2/h4-7,9,16H,3,8,10-12H2,1-2H3. The predicted molar refractivity (Wildman–Crippen MR) is 89.8 cm³/mol. The van der Waals surface area contributed by atoms with Crippen molar-refractivity contribution in [3.63, 3.8) is 0 Å². The highest BCUT2D eigenvalue weighted by molar-refractivity contribution is 5.79. The number of hydrogen-bond donors (Lipinski definition) is 0. The third-order valence-electron chi connectivity index (χ3n) is 4.34. The quantitative estimate of drug-likeness (QED) is 0.804. The number of benzene rings is 1. The number of rotatable bonds is 6. The van der Waals surface area contributed by atoms with Gasteiger partial charge in [-0.25, -0.2) is 4.39 Å². The summed E-state index contributed by atoms with van der Waals surface area (Å²) in [5.74, 6) is -0.0215. The fourth-order valence-electron chi connectivity index (χ4n) is 3.09. The van der Waals surface area contributed by atoms with Gasteiger partial charge in [-0.3, -0.25) is 9.48 Å². The molecule has 3 rings (SSSR count). The van der Waals surface area contributed by atoms with Gasteiger partial charge in [0.2, 0.25) is 5.91 Å². The largest absolute Gasteiger partial charge is 0.496 e. The van der Waals surface area contributed by atoms with Gasteiger partial charge in [-0.05, 0) is 19.1 Å². The summed E-state index contributed by atoms with van der Waals surface area (Å²) in [4.78, 5) is 14.6. The van der Waals surface area contributed by atoms with Crippen LogP contribution in [-0.2, 0) is 22.5 Å². The van der Waals surface area contributed by atoms with Gasteiger partial charge in [-0.1, -0.05) is 6.07 Å². The molecular weight excluding hydrogens is 325 g/mol. The molecule has 0 spiro atoms. The highest BCUT2D eigenvalue weighted by atomic mass is 19.1. The van der Waals surface area contributed by atoms with E-state index < -0.39 is 0 Å². The first-order valence-corrected chi connectivity index (χ1v) is 8.32. The lowest BCUT2D eigenvalue weighted by molar-refractivity contribution is -0.133. The van der Waals surface area contributed by atoms with Gasteiger partial charge in [0.05, 0.1) is 38.4 Å². The second-order valence-electron chi connectivity index (χ2n) is 5.99. The molecule has 6 nitrogen and oxygen atoms in total. The summed E-state index contributed by atoms with van der Waals surface area (Å²) < 4.78 is 26.0. The second kappa shape index (κ2) is 7.65. The van der Waals surface area contributed by atoms with Gasteiger partial charge in [0, 0.05) is 31.0 Å². The van der Waals surface area contributed by atoms with E-state index in [0.717, 1.165) is 5.69 Å². The molecule has 0 saturated carbocycles. The third-order valence-corrected chi connectivity index (χ3v) is 4.34. The molecule has 1 aromatic heterocycles. The van der Waals surface area contributed by atoms with Crippen molar-refractivity contribution in [3.05, 3.63) is 47.5 Å². The van der Waals surface area contributed by atoms with Crippen molar-refractivity contribution in [1.29, 1.82) is 0 Å². The summed E-state index contributed by atoms with van der Waals surface area (Å²) in [5.41, 5.74) is 1.66. The first-order valence-electron chi connectivity index (χ1n) is 8.32. The van der Waals surface area contributed by atoms with Crippen molar-refractivity contribution >= 4 is 5.91 Å². The number of carbonyl (C=O) groups is 1. The zero-order valence-corrected chi connectivity index (χ0v) is 14.4. The van der Waals surface area contributed by atoms with Crippen LogP contribution in [0.5, 0.6) is 5.75 Å². The van der Waals surface area contributed by atoms with Crippen LogP contribution in [0.25, 0.3) is 0 Å². The number of nitrogens with zero attached hydrogens (tertiary/aromatic N) is 3. The number of halogens is 1. The first-order chi connectivity index (χ1) is 12.1. The fourth-order valence-corrected chi connectivity index (χ4v) is 3.09. The normalized spacial score (nSPS) is 16.6. The Balaban J connectivity index is 1.74. The van der Waals surface area contributed by atoms with Gasteiger partial charge in [-0.2, -0.15) is 5.10 Å². The molecule has 0 fully saturated rings. The van der Waals surface area contributed by atoms with E-state index in [0.29, 0.717) is 37.6 Å². The molecule has 0 N–H and O–H groups in total. The Bertz CT molecular complexity index is 747. The predicted octanol–water partition coefficient (Wildman–Crippen LogP) is 2.19. The average Bonchev–Trinajstić information content (AvgIpc) is 3.09. The summed E-state index contributed by atoms with van der Waals surface area (Å²) in [6, 6.07) is 6.15. The van der Waals surface area contributed by atoms with E-state index in [1.165, 1.54) is 19.2 Å². The van der Waals surface area contributed by atoms with Gasteiger partial charge in [-0.15, -0.1) is 0 Å². The minimum absolute atomic E-state index is 0.00207. The summed E-state index contributed by atoms with van der Waals surface area (Å²) >= 11 is 0. The Kier molecular flexibility index (Phi) is 5.33. The first kappa shape index (κ1) is 17.4. The molecule has 0 bridgehead atoms. The van der Waals surface area contributed by atoms with E-state index in [2.05, 4.69) is 5.10 Å². The molecule has 0 aliphatic carbocycles. The van der Waals surface area contributed by atoms with Gasteiger partial charge < -0.3 is 14.4 Å². The molecule has 1 unspecified atom stereocenters. The van der Waals surface area contributed by atoms with Gasteiger partial charge in [0.1, 0.15) is 11.6 Å². The molecule has 1 aliphatic heterocycles.